The maximum absolute atomic E-state index is 13.4. The minimum atomic E-state index is -2.66. The van der Waals surface area contributed by atoms with Gasteiger partial charge in [0.25, 0.3) is 6.43 Å². The second kappa shape index (κ2) is 4.87. The summed E-state index contributed by atoms with van der Waals surface area (Å²) in [5, 5.41) is 8.79. The van der Waals surface area contributed by atoms with E-state index in [1.54, 1.807) is 0 Å². The van der Waals surface area contributed by atoms with Gasteiger partial charge in [-0.2, -0.15) is 0 Å². The van der Waals surface area contributed by atoms with Crippen LogP contribution < -0.4 is 4.90 Å². The summed E-state index contributed by atoms with van der Waals surface area (Å²) in [4.78, 5) is 11.7. The monoisotopic (exact) mass is 233 g/mol. The maximum Gasteiger partial charge on any atom is 0.337 e. The van der Waals surface area contributed by atoms with Gasteiger partial charge < -0.3 is 10.0 Å². The van der Waals surface area contributed by atoms with Gasteiger partial charge in [0.15, 0.2) is 0 Å². The highest BCUT2D eigenvalue weighted by molar-refractivity contribution is 5.94. The molecule has 1 aromatic carbocycles. The van der Waals surface area contributed by atoms with Crippen LogP contribution in [0.4, 0.5) is 18.9 Å². The molecule has 0 fully saturated rings. The number of anilines is 1. The van der Waals surface area contributed by atoms with E-state index in [0.29, 0.717) is 0 Å². The highest BCUT2D eigenvalue weighted by atomic mass is 19.3. The lowest BCUT2D eigenvalue weighted by Crippen LogP contribution is -2.26. The zero-order valence-electron chi connectivity index (χ0n) is 8.45. The number of hydrogen-bond acceptors (Lipinski definition) is 2. The first-order chi connectivity index (χ1) is 7.43. The van der Waals surface area contributed by atoms with Crippen LogP contribution in [-0.4, -0.2) is 31.1 Å². The van der Waals surface area contributed by atoms with Crippen molar-refractivity contribution >= 4 is 11.7 Å². The Labute approximate surface area is 90.1 Å². The summed E-state index contributed by atoms with van der Waals surface area (Å²) in [7, 11) is 1.22. The van der Waals surface area contributed by atoms with Crippen LogP contribution in [0.5, 0.6) is 0 Å². The first-order valence-corrected chi connectivity index (χ1v) is 4.44. The summed E-state index contributed by atoms with van der Waals surface area (Å²) >= 11 is 0. The predicted octanol–water partition coefficient (Wildman–Crippen LogP) is 2.23. The van der Waals surface area contributed by atoms with Crippen LogP contribution in [-0.2, 0) is 0 Å². The van der Waals surface area contributed by atoms with E-state index < -0.39 is 24.8 Å². The molecule has 16 heavy (non-hydrogen) atoms. The van der Waals surface area contributed by atoms with Crippen molar-refractivity contribution in [2.75, 3.05) is 18.5 Å². The van der Waals surface area contributed by atoms with Crippen molar-refractivity contribution in [1.29, 1.82) is 0 Å². The number of aromatic carboxylic acids is 1. The number of alkyl halides is 2. The molecular formula is C10H10F3NO2. The Bertz CT molecular complexity index is 396. The quantitative estimate of drug-likeness (QED) is 0.866. The van der Waals surface area contributed by atoms with Crippen molar-refractivity contribution in [3.8, 4) is 0 Å². The Morgan fingerprint density at radius 3 is 2.62 bits per heavy atom. The molecule has 0 amide bonds. The molecule has 6 heteroatoms. The van der Waals surface area contributed by atoms with E-state index in [1.807, 2.05) is 0 Å². The van der Waals surface area contributed by atoms with Crippen molar-refractivity contribution < 1.29 is 23.1 Å². The maximum atomic E-state index is 13.4. The lowest BCUT2D eigenvalue weighted by atomic mass is 10.1. The van der Waals surface area contributed by atoms with Crippen molar-refractivity contribution in [2.24, 2.45) is 0 Å². The molecule has 0 radical (unpaired) electrons. The van der Waals surface area contributed by atoms with Gasteiger partial charge in [-0.05, 0) is 12.1 Å². The van der Waals surface area contributed by atoms with Gasteiger partial charge in [-0.25, -0.2) is 18.0 Å². The molecule has 0 aliphatic rings. The van der Waals surface area contributed by atoms with E-state index in [2.05, 4.69) is 0 Å². The zero-order valence-corrected chi connectivity index (χ0v) is 8.45. The number of nitrogens with zero attached hydrogens (tertiary/aromatic N) is 1. The highest BCUT2D eigenvalue weighted by Crippen LogP contribution is 2.24. The van der Waals surface area contributed by atoms with Crippen molar-refractivity contribution in [1.82, 2.24) is 0 Å². The molecule has 0 heterocycles. The van der Waals surface area contributed by atoms with Crippen LogP contribution in [0.1, 0.15) is 10.4 Å². The molecule has 88 valence electrons. The van der Waals surface area contributed by atoms with Gasteiger partial charge in [0, 0.05) is 7.05 Å². The fourth-order valence-electron chi connectivity index (χ4n) is 1.37. The summed E-state index contributed by atoms with van der Waals surface area (Å²) in [6.07, 6.45) is -2.66. The Morgan fingerprint density at radius 2 is 2.12 bits per heavy atom. The first kappa shape index (κ1) is 12.4. The second-order valence-electron chi connectivity index (χ2n) is 3.21. The van der Waals surface area contributed by atoms with Gasteiger partial charge >= 0.3 is 5.97 Å². The molecule has 0 spiro atoms. The van der Waals surface area contributed by atoms with Crippen LogP contribution in [0.25, 0.3) is 0 Å². The SMILES string of the molecule is CN(CC(F)F)c1c(F)cccc1C(=O)O. The number of para-hydroxylation sites is 1. The Kier molecular flexibility index (Phi) is 3.76. The number of benzene rings is 1. The van der Waals surface area contributed by atoms with Crippen LogP contribution in [0.3, 0.4) is 0 Å². The van der Waals surface area contributed by atoms with Gasteiger partial charge in [0.05, 0.1) is 17.8 Å². The van der Waals surface area contributed by atoms with Crippen molar-refractivity contribution in [3.63, 3.8) is 0 Å². The van der Waals surface area contributed by atoms with Gasteiger partial charge in [0.1, 0.15) is 5.82 Å². The number of carbonyl (C=O) groups is 1. The summed E-state index contributed by atoms with van der Waals surface area (Å²) in [6, 6.07) is 3.42. The molecular weight excluding hydrogens is 223 g/mol. The van der Waals surface area contributed by atoms with Crippen LogP contribution in [0, 0.1) is 5.82 Å². The van der Waals surface area contributed by atoms with E-state index in [1.165, 1.54) is 19.2 Å². The lowest BCUT2D eigenvalue weighted by molar-refractivity contribution is 0.0696. The van der Waals surface area contributed by atoms with Crippen LogP contribution in [0.15, 0.2) is 18.2 Å². The van der Waals surface area contributed by atoms with E-state index in [9.17, 15) is 18.0 Å². The summed E-state index contributed by atoms with van der Waals surface area (Å²) in [5.41, 5.74) is -0.654. The summed E-state index contributed by atoms with van der Waals surface area (Å²) < 4.78 is 37.6. The van der Waals surface area contributed by atoms with E-state index in [0.717, 1.165) is 11.0 Å². The molecule has 0 atom stereocenters. The fourth-order valence-corrected chi connectivity index (χ4v) is 1.37. The molecule has 0 aliphatic heterocycles. The highest BCUT2D eigenvalue weighted by Gasteiger charge is 2.19. The van der Waals surface area contributed by atoms with Crippen LogP contribution >= 0.6 is 0 Å². The number of hydrogen-bond donors (Lipinski definition) is 1. The molecule has 1 N–H and O–H groups in total. The number of rotatable bonds is 4. The number of halogens is 3. The molecule has 0 bridgehead atoms. The smallest absolute Gasteiger partial charge is 0.337 e. The zero-order chi connectivity index (χ0) is 12.3. The van der Waals surface area contributed by atoms with Crippen molar-refractivity contribution in [2.45, 2.75) is 6.43 Å². The average molecular weight is 233 g/mol. The topological polar surface area (TPSA) is 40.5 Å². The Morgan fingerprint density at radius 1 is 1.50 bits per heavy atom. The average Bonchev–Trinajstić information content (AvgIpc) is 2.15. The van der Waals surface area contributed by atoms with E-state index in [4.69, 9.17) is 5.11 Å². The molecule has 0 saturated carbocycles. The Hall–Kier alpha value is -1.72. The molecule has 1 rings (SSSR count). The Balaban J connectivity index is 3.14. The van der Waals surface area contributed by atoms with E-state index >= 15 is 0 Å². The number of carboxylic acids is 1. The summed E-state index contributed by atoms with van der Waals surface area (Å²) in [5.74, 6) is -2.18. The standard InChI is InChI=1S/C10H10F3NO2/c1-14(5-8(12)13)9-6(10(15)16)3-2-4-7(9)11/h2-4,8H,5H2,1H3,(H,15,16). The second-order valence-corrected chi connectivity index (χ2v) is 3.21. The first-order valence-electron chi connectivity index (χ1n) is 4.44. The molecule has 0 unspecified atom stereocenters. The van der Waals surface area contributed by atoms with Gasteiger partial charge in [0.2, 0.25) is 0 Å². The predicted molar refractivity (Wildman–Crippen MR) is 52.6 cm³/mol. The number of carboxylic acid groups (broad SMARTS) is 1. The largest absolute Gasteiger partial charge is 0.478 e. The minimum absolute atomic E-state index is 0.324. The fraction of sp³-hybridized carbons (Fsp3) is 0.300. The lowest BCUT2D eigenvalue weighted by Gasteiger charge is -2.21. The van der Waals surface area contributed by atoms with Gasteiger partial charge in [-0.3, -0.25) is 0 Å². The van der Waals surface area contributed by atoms with Crippen molar-refractivity contribution in [3.05, 3.63) is 29.6 Å². The normalized spacial score (nSPS) is 10.6. The van der Waals surface area contributed by atoms with Crippen LogP contribution in [0.2, 0.25) is 0 Å². The molecule has 1 aromatic rings. The molecule has 0 saturated heterocycles. The molecule has 0 aromatic heterocycles. The molecule has 0 aliphatic carbocycles. The molecule has 3 nitrogen and oxygen atoms in total. The van der Waals surface area contributed by atoms with E-state index in [-0.39, 0.29) is 11.3 Å². The minimum Gasteiger partial charge on any atom is -0.478 e. The third-order valence-electron chi connectivity index (χ3n) is 2.01. The summed E-state index contributed by atoms with van der Waals surface area (Å²) in [6.45, 7) is -0.721. The van der Waals surface area contributed by atoms with Gasteiger partial charge in [-0.1, -0.05) is 6.07 Å². The third kappa shape index (κ3) is 2.65. The third-order valence-corrected chi connectivity index (χ3v) is 2.01. The van der Waals surface area contributed by atoms with Gasteiger partial charge in [-0.15, -0.1) is 0 Å².